The average Bonchev–Trinajstić information content (AvgIpc) is 3.60. The molecule has 0 N–H and O–H groups in total. The highest BCUT2D eigenvalue weighted by molar-refractivity contribution is 5.88. The molecule has 0 amide bonds. The molecule has 33 heavy (non-hydrogen) atoms. The summed E-state index contributed by atoms with van der Waals surface area (Å²) >= 11 is 0. The van der Waals surface area contributed by atoms with Crippen LogP contribution in [0.2, 0.25) is 0 Å². The van der Waals surface area contributed by atoms with E-state index in [1.807, 2.05) is 24.5 Å². The number of rotatable bonds is 5. The van der Waals surface area contributed by atoms with E-state index >= 15 is 0 Å². The summed E-state index contributed by atoms with van der Waals surface area (Å²) in [5, 5.41) is 9.89. The Hall–Kier alpha value is -4.57. The molecule has 4 aromatic heterocycles. The lowest BCUT2D eigenvalue weighted by molar-refractivity contribution is 0.527. The Bertz CT molecular complexity index is 1480. The van der Waals surface area contributed by atoms with Crippen LogP contribution < -0.4 is 0 Å². The minimum Gasteiger partial charge on any atom is -0.464 e. The largest absolute Gasteiger partial charge is 0.464 e. The molecule has 0 aliphatic carbocycles. The van der Waals surface area contributed by atoms with E-state index in [1.54, 1.807) is 42.6 Å². The summed E-state index contributed by atoms with van der Waals surface area (Å²) in [7, 11) is 0. The molecule has 0 aliphatic rings. The van der Waals surface area contributed by atoms with Crippen LogP contribution in [0.4, 0.5) is 10.3 Å². The van der Waals surface area contributed by atoms with E-state index in [2.05, 4.69) is 11.1 Å². The van der Waals surface area contributed by atoms with Crippen molar-refractivity contribution in [1.82, 2.24) is 4.57 Å². The zero-order valence-electron chi connectivity index (χ0n) is 17.9. The van der Waals surface area contributed by atoms with E-state index in [4.69, 9.17) is 13.3 Å². The smallest absolute Gasteiger partial charge is 0.238 e. The first-order chi connectivity index (χ1) is 16.1. The molecule has 0 saturated carbocycles. The van der Waals surface area contributed by atoms with Gasteiger partial charge in [-0.15, -0.1) is 0 Å². The molecule has 0 atom stereocenters. The van der Waals surface area contributed by atoms with Gasteiger partial charge < -0.3 is 17.8 Å². The molecule has 162 valence electrons. The third-order valence-electron chi connectivity index (χ3n) is 5.39. The summed E-state index contributed by atoms with van der Waals surface area (Å²) in [6, 6.07) is 17.4. The molecule has 0 fully saturated rings. The minimum atomic E-state index is -0.287. The maximum absolute atomic E-state index is 13.3. The molecule has 5 rings (SSSR count). The molecular formula is C26H18FN3O3. The SMILES string of the molecule is Cc1cc(C=Nc2oc(-c3ccco3)c(-c3ccco3)c2C#N)c(C)n1-c1ccc(F)cc1. The molecule has 0 spiro atoms. The Morgan fingerprint density at radius 2 is 1.70 bits per heavy atom. The van der Waals surface area contributed by atoms with Gasteiger partial charge in [-0.05, 0) is 68.4 Å². The van der Waals surface area contributed by atoms with Gasteiger partial charge in [0.2, 0.25) is 5.88 Å². The monoisotopic (exact) mass is 439 g/mol. The number of aromatic nitrogens is 1. The number of furan rings is 3. The molecule has 0 saturated heterocycles. The molecule has 1 aromatic carbocycles. The van der Waals surface area contributed by atoms with Crippen molar-refractivity contribution >= 4 is 12.1 Å². The second-order valence-corrected chi connectivity index (χ2v) is 7.45. The molecule has 7 heteroatoms. The van der Waals surface area contributed by atoms with E-state index in [-0.39, 0.29) is 17.3 Å². The van der Waals surface area contributed by atoms with Crippen LogP contribution in [0.5, 0.6) is 0 Å². The first-order valence-corrected chi connectivity index (χ1v) is 10.2. The fourth-order valence-electron chi connectivity index (χ4n) is 3.88. The molecule has 0 unspecified atom stereocenters. The lowest BCUT2D eigenvalue weighted by atomic mass is 10.1. The first-order valence-electron chi connectivity index (χ1n) is 10.2. The number of nitrogens with zero attached hydrogens (tertiary/aromatic N) is 3. The Balaban J connectivity index is 1.59. The van der Waals surface area contributed by atoms with Crippen molar-refractivity contribution in [2.75, 3.05) is 0 Å². The van der Waals surface area contributed by atoms with Gasteiger partial charge >= 0.3 is 0 Å². The fraction of sp³-hybridized carbons (Fsp3) is 0.0769. The van der Waals surface area contributed by atoms with Gasteiger partial charge in [-0.2, -0.15) is 5.26 Å². The molecule has 0 bridgehead atoms. The van der Waals surface area contributed by atoms with Gasteiger partial charge in [0.1, 0.15) is 23.2 Å². The summed E-state index contributed by atoms with van der Waals surface area (Å²) in [5.41, 5.74) is 4.32. The number of benzene rings is 1. The zero-order chi connectivity index (χ0) is 22.9. The van der Waals surface area contributed by atoms with E-state index in [9.17, 15) is 9.65 Å². The van der Waals surface area contributed by atoms with Crippen molar-refractivity contribution in [1.29, 1.82) is 5.26 Å². The van der Waals surface area contributed by atoms with Crippen LogP contribution in [-0.4, -0.2) is 10.8 Å². The molecule has 5 aromatic rings. The Morgan fingerprint density at radius 3 is 2.33 bits per heavy atom. The minimum absolute atomic E-state index is 0.155. The third kappa shape index (κ3) is 3.58. The third-order valence-corrected chi connectivity index (χ3v) is 5.39. The summed E-state index contributed by atoms with van der Waals surface area (Å²) in [4.78, 5) is 4.50. The van der Waals surface area contributed by atoms with Crippen molar-refractivity contribution in [2.45, 2.75) is 13.8 Å². The van der Waals surface area contributed by atoms with Crippen molar-refractivity contribution < 1.29 is 17.6 Å². The fourth-order valence-corrected chi connectivity index (χ4v) is 3.88. The lowest BCUT2D eigenvalue weighted by Gasteiger charge is -2.09. The summed E-state index contributed by atoms with van der Waals surface area (Å²) in [5.74, 6) is 1.19. The quantitative estimate of drug-likeness (QED) is 0.277. The number of hydrogen-bond donors (Lipinski definition) is 0. The predicted octanol–water partition coefficient (Wildman–Crippen LogP) is 6.97. The summed E-state index contributed by atoms with van der Waals surface area (Å²) in [6.45, 7) is 3.92. The second-order valence-electron chi connectivity index (χ2n) is 7.45. The lowest BCUT2D eigenvalue weighted by Crippen LogP contribution is -1.99. The van der Waals surface area contributed by atoms with Gasteiger partial charge in [0.25, 0.3) is 0 Å². The Kier molecular flexibility index (Phi) is 5.04. The highest BCUT2D eigenvalue weighted by atomic mass is 19.1. The highest BCUT2D eigenvalue weighted by Gasteiger charge is 2.26. The van der Waals surface area contributed by atoms with Gasteiger partial charge in [0.15, 0.2) is 11.5 Å². The molecule has 6 nitrogen and oxygen atoms in total. The highest BCUT2D eigenvalue weighted by Crippen LogP contribution is 2.42. The van der Waals surface area contributed by atoms with E-state index in [1.165, 1.54) is 24.7 Å². The van der Waals surface area contributed by atoms with Crippen molar-refractivity contribution in [3.63, 3.8) is 0 Å². The molecule has 4 heterocycles. The van der Waals surface area contributed by atoms with Crippen LogP contribution in [0.15, 0.2) is 85.4 Å². The van der Waals surface area contributed by atoms with Crippen LogP contribution in [-0.2, 0) is 0 Å². The number of nitriles is 1. The van der Waals surface area contributed by atoms with E-state index in [0.717, 1.165) is 22.6 Å². The van der Waals surface area contributed by atoms with Crippen molar-refractivity contribution in [3.05, 3.63) is 95.5 Å². The van der Waals surface area contributed by atoms with Crippen LogP contribution in [0.1, 0.15) is 22.5 Å². The second kappa shape index (κ2) is 8.17. The predicted molar refractivity (Wildman–Crippen MR) is 121 cm³/mol. The number of halogens is 1. The first kappa shape index (κ1) is 20.3. The topological polar surface area (TPSA) is 80.5 Å². The van der Waals surface area contributed by atoms with Gasteiger partial charge in [-0.3, -0.25) is 0 Å². The van der Waals surface area contributed by atoms with Crippen LogP contribution in [0, 0.1) is 31.0 Å². The summed E-state index contributed by atoms with van der Waals surface area (Å²) < 4.78 is 32.4. The van der Waals surface area contributed by atoms with Crippen molar-refractivity contribution in [2.24, 2.45) is 4.99 Å². The molecule has 0 radical (unpaired) electrons. The van der Waals surface area contributed by atoms with Crippen LogP contribution >= 0.6 is 0 Å². The van der Waals surface area contributed by atoms with Crippen LogP contribution in [0.25, 0.3) is 28.5 Å². The van der Waals surface area contributed by atoms with E-state index < -0.39 is 0 Å². The van der Waals surface area contributed by atoms with Crippen LogP contribution in [0.3, 0.4) is 0 Å². The maximum atomic E-state index is 13.3. The Labute approximate surface area is 188 Å². The normalized spacial score (nSPS) is 11.3. The average molecular weight is 439 g/mol. The maximum Gasteiger partial charge on any atom is 0.238 e. The molecule has 0 aliphatic heterocycles. The van der Waals surface area contributed by atoms with Gasteiger partial charge in [0.05, 0.1) is 18.1 Å². The van der Waals surface area contributed by atoms with Gasteiger partial charge in [-0.1, -0.05) is 0 Å². The summed E-state index contributed by atoms with van der Waals surface area (Å²) in [6.07, 6.45) is 4.71. The van der Waals surface area contributed by atoms with E-state index in [0.29, 0.717) is 22.8 Å². The zero-order valence-corrected chi connectivity index (χ0v) is 17.9. The number of hydrogen-bond acceptors (Lipinski definition) is 5. The van der Waals surface area contributed by atoms with Crippen molar-refractivity contribution in [3.8, 4) is 34.6 Å². The Morgan fingerprint density at radius 1 is 1.00 bits per heavy atom. The molecular weight excluding hydrogens is 421 g/mol. The van der Waals surface area contributed by atoms with Gasteiger partial charge in [0, 0.05) is 28.9 Å². The number of aliphatic imine (C=N–C) groups is 1. The number of aryl methyl sites for hydroxylation is 1. The van der Waals surface area contributed by atoms with Gasteiger partial charge in [-0.25, -0.2) is 9.38 Å². The standard InChI is InChI=1S/C26H18FN3O3/c1-16-13-18(17(2)30(16)20-9-7-19(27)8-10-20)15-29-26-21(14-28)24(22-5-3-11-31-22)25(33-26)23-6-4-12-32-23/h3-13,15H,1-2H3.